The van der Waals surface area contributed by atoms with Crippen molar-refractivity contribution in [3.05, 3.63) is 53.8 Å². The fourth-order valence-electron chi connectivity index (χ4n) is 2.04. The predicted octanol–water partition coefficient (Wildman–Crippen LogP) is 3.41. The molecule has 0 aliphatic rings. The highest BCUT2D eigenvalue weighted by atomic mass is 19.1. The van der Waals surface area contributed by atoms with Gasteiger partial charge in [0.2, 0.25) is 5.91 Å². The number of benzene rings is 2. The molecule has 0 bridgehead atoms. The van der Waals surface area contributed by atoms with Crippen molar-refractivity contribution in [2.45, 2.75) is 13.3 Å². The number of ether oxygens (including phenoxy) is 2. The Balaban J connectivity index is 2.08. The minimum absolute atomic E-state index is 0.195. The summed E-state index contributed by atoms with van der Waals surface area (Å²) in [6.07, 6.45) is 0.195. The molecule has 0 heterocycles. The summed E-state index contributed by atoms with van der Waals surface area (Å²) in [5.74, 6) is 0.402. The van der Waals surface area contributed by atoms with Gasteiger partial charge < -0.3 is 14.8 Å². The zero-order chi connectivity index (χ0) is 15.9. The largest absolute Gasteiger partial charge is 0.497 e. The molecule has 0 atom stereocenters. The summed E-state index contributed by atoms with van der Waals surface area (Å²) in [4.78, 5) is 12.1. The zero-order valence-electron chi connectivity index (χ0n) is 12.6. The lowest BCUT2D eigenvalue weighted by atomic mass is 10.1. The van der Waals surface area contributed by atoms with E-state index < -0.39 is 5.82 Å². The maximum Gasteiger partial charge on any atom is 0.228 e. The fraction of sp³-hybridized carbons (Fsp3) is 0.235. The average molecular weight is 303 g/mol. The van der Waals surface area contributed by atoms with Gasteiger partial charge in [0.25, 0.3) is 0 Å². The van der Waals surface area contributed by atoms with Crippen LogP contribution in [0, 0.1) is 5.82 Å². The number of hydrogen-bond donors (Lipinski definition) is 1. The summed E-state index contributed by atoms with van der Waals surface area (Å²) in [6.45, 7) is 2.19. The van der Waals surface area contributed by atoms with Crippen LogP contribution in [0.2, 0.25) is 0 Å². The van der Waals surface area contributed by atoms with Crippen LogP contribution in [-0.4, -0.2) is 19.6 Å². The highest BCUT2D eigenvalue weighted by molar-refractivity contribution is 5.93. The Morgan fingerprint density at radius 3 is 2.77 bits per heavy atom. The Kier molecular flexibility index (Phi) is 5.36. The molecule has 0 aromatic heterocycles. The van der Waals surface area contributed by atoms with Gasteiger partial charge in [-0.05, 0) is 36.8 Å². The summed E-state index contributed by atoms with van der Waals surface area (Å²) in [5.41, 5.74) is 1.29. The van der Waals surface area contributed by atoms with Crippen molar-refractivity contribution in [3.8, 4) is 11.5 Å². The highest BCUT2D eigenvalue weighted by Gasteiger charge is 2.10. The van der Waals surface area contributed by atoms with Crippen molar-refractivity contribution in [1.82, 2.24) is 0 Å². The van der Waals surface area contributed by atoms with E-state index in [-0.39, 0.29) is 12.3 Å². The topological polar surface area (TPSA) is 47.6 Å². The van der Waals surface area contributed by atoms with Crippen LogP contribution in [0.1, 0.15) is 12.5 Å². The number of hydrogen-bond acceptors (Lipinski definition) is 3. The molecule has 22 heavy (non-hydrogen) atoms. The van der Waals surface area contributed by atoms with Crippen molar-refractivity contribution in [2.75, 3.05) is 19.0 Å². The van der Waals surface area contributed by atoms with Crippen LogP contribution in [0.25, 0.3) is 0 Å². The Hall–Kier alpha value is -2.56. The maximum atomic E-state index is 13.2. The molecule has 4 nitrogen and oxygen atoms in total. The van der Waals surface area contributed by atoms with Crippen LogP contribution in [0.15, 0.2) is 42.5 Å². The molecule has 5 heteroatoms. The first-order valence-electron chi connectivity index (χ1n) is 6.97. The fourth-order valence-corrected chi connectivity index (χ4v) is 2.04. The molecule has 0 radical (unpaired) electrons. The first kappa shape index (κ1) is 15.8. The number of anilines is 1. The SMILES string of the molecule is CCOc1cc(F)ccc1NC(=O)Cc1cccc(OC)c1. The summed E-state index contributed by atoms with van der Waals surface area (Å²) in [7, 11) is 1.58. The van der Waals surface area contributed by atoms with Crippen LogP contribution in [-0.2, 0) is 11.2 Å². The summed E-state index contributed by atoms with van der Waals surface area (Å²) in [5, 5.41) is 2.74. The molecule has 0 aliphatic carbocycles. The van der Waals surface area contributed by atoms with E-state index in [4.69, 9.17) is 9.47 Å². The van der Waals surface area contributed by atoms with Crippen LogP contribution in [0.5, 0.6) is 11.5 Å². The van der Waals surface area contributed by atoms with E-state index in [1.54, 1.807) is 20.1 Å². The number of carbonyl (C=O) groups is 1. The van der Waals surface area contributed by atoms with Gasteiger partial charge in [-0.25, -0.2) is 4.39 Å². The van der Waals surface area contributed by atoms with Gasteiger partial charge in [-0.3, -0.25) is 4.79 Å². The Bertz CT molecular complexity index is 658. The number of nitrogens with one attached hydrogen (secondary N) is 1. The van der Waals surface area contributed by atoms with Crippen molar-refractivity contribution in [2.24, 2.45) is 0 Å². The first-order chi connectivity index (χ1) is 10.6. The van der Waals surface area contributed by atoms with Gasteiger partial charge in [0.05, 0.1) is 25.8 Å². The molecule has 0 aliphatic heterocycles. The molecule has 0 spiro atoms. The second kappa shape index (κ2) is 7.45. The number of carbonyl (C=O) groups excluding carboxylic acids is 1. The van der Waals surface area contributed by atoms with E-state index in [0.29, 0.717) is 23.8 Å². The van der Waals surface area contributed by atoms with Crippen molar-refractivity contribution >= 4 is 11.6 Å². The molecule has 2 rings (SSSR count). The van der Waals surface area contributed by atoms with E-state index in [1.165, 1.54) is 18.2 Å². The van der Waals surface area contributed by atoms with Crippen molar-refractivity contribution < 1.29 is 18.7 Å². The van der Waals surface area contributed by atoms with E-state index in [2.05, 4.69) is 5.32 Å². The third-order valence-corrected chi connectivity index (χ3v) is 3.02. The molecule has 0 saturated carbocycles. The normalized spacial score (nSPS) is 10.1. The standard InChI is InChI=1S/C17H18FNO3/c1-3-22-16-11-13(18)7-8-15(16)19-17(20)10-12-5-4-6-14(9-12)21-2/h4-9,11H,3,10H2,1-2H3,(H,19,20). The maximum absolute atomic E-state index is 13.2. The Morgan fingerprint density at radius 2 is 2.05 bits per heavy atom. The van der Waals surface area contributed by atoms with Crippen molar-refractivity contribution in [1.29, 1.82) is 0 Å². The molecule has 0 fully saturated rings. The monoisotopic (exact) mass is 303 g/mol. The van der Waals surface area contributed by atoms with Gasteiger partial charge in [-0.15, -0.1) is 0 Å². The average Bonchev–Trinajstić information content (AvgIpc) is 2.50. The zero-order valence-corrected chi connectivity index (χ0v) is 12.6. The van der Waals surface area contributed by atoms with Crippen LogP contribution in [0.4, 0.5) is 10.1 Å². The Labute approximate surface area is 128 Å². The lowest BCUT2D eigenvalue weighted by molar-refractivity contribution is -0.115. The van der Waals surface area contributed by atoms with Crippen LogP contribution >= 0.6 is 0 Å². The molecule has 0 saturated heterocycles. The summed E-state index contributed by atoms with van der Waals surface area (Å²) >= 11 is 0. The molecule has 2 aromatic carbocycles. The predicted molar refractivity (Wildman–Crippen MR) is 82.9 cm³/mol. The highest BCUT2D eigenvalue weighted by Crippen LogP contribution is 2.25. The minimum Gasteiger partial charge on any atom is -0.497 e. The van der Waals surface area contributed by atoms with Crippen LogP contribution in [0.3, 0.4) is 0 Å². The lowest BCUT2D eigenvalue weighted by Crippen LogP contribution is -2.15. The third kappa shape index (κ3) is 4.22. The van der Waals surface area contributed by atoms with Gasteiger partial charge in [-0.1, -0.05) is 12.1 Å². The van der Waals surface area contributed by atoms with Gasteiger partial charge >= 0.3 is 0 Å². The Morgan fingerprint density at radius 1 is 1.23 bits per heavy atom. The minimum atomic E-state index is -0.408. The quantitative estimate of drug-likeness (QED) is 0.889. The molecule has 1 amide bonds. The molecule has 1 N–H and O–H groups in total. The van der Waals surface area contributed by atoms with Gasteiger partial charge in [0, 0.05) is 6.07 Å². The molecule has 0 unspecified atom stereocenters. The van der Waals surface area contributed by atoms with Gasteiger partial charge in [-0.2, -0.15) is 0 Å². The molecular formula is C17H18FNO3. The summed E-state index contributed by atoms with van der Waals surface area (Å²) < 4.78 is 23.7. The number of rotatable bonds is 6. The van der Waals surface area contributed by atoms with Crippen LogP contribution < -0.4 is 14.8 Å². The second-order valence-corrected chi connectivity index (χ2v) is 4.65. The van der Waals surface area contributed by atoms with Gasteiger partial charge in [0.15, 0.2) is 0 Å². The summed E-state index contributed by atoms with van der Waals surface area (Å²) in [6, 6.07) is 11.3. The second-order valence-electron chi connectivity index (χ2n) is 4.65. The first-order valence-corrected chi connectivity index (χ1v) is 6.97. The van der Waals surface area contributed by atoms with Gasteiger partial charge in [0.1, 0.15) is 17.3 Å². The van der Waals surface area contributed by atoms with E-state index in [9.17, 15) is 9.18 Å². The third-order valence-electron chi connectivity index (χ3n) is 3.02. The molecular weight excluding hydrogens is 285 g/mol. The lowest BCUT2D eigenvalue weighted by Gasteiger charge is -2.12. The van der Waals surface area contributed by atoms with E-state index >= 15 is 0 Å². The smallest absolute Gasteiger partial charge is 0.228 e. The molecule has 2 aromatic rings. The number of methoxy groups -OCH3 is 1. The van der Waals surface area contributed by atoms with E-state index in [0.717, 1.165) is 5.56 Å². The van der Waals surface area contributed by atoms with Crippen molar-refractivity contribution in [3.63, 3.8) is 0 Å². The molecule has 116 valence electrons. The van der Waals surface area contributed by atoms with E-state index in [1.807, 2.05) is 18.2 Å². The number of amides is 1. The number of halogens is 1.